The second kappa shape index (κ2) is 5.10. The maximum atomic E-state index is 3.34. The van der Waals surface area contributed by atoms with Gasteiger partial charge in [0.25, 0.3) is 0 Å². The molecule has 78 valence electrons. The number of hydrogen-bond donors (Lipinski definition) is 1. The molecule has 0 unspecified atom stereocenters. The van der Waals surface area contributed by atoms with Crippen LogP contribution in [0.5, 0.6) is 0 Å². The molecule has 0 aliphatic heterocycles. The summed E-state index contributed by atoms with van der Waals surface area (Å²) in [4.78, 5) is 1.35. The molecule has 0 bridgehead atoms. The average molecular weight is 217 g/mol. The van der Waals surface area contributed by atoms with Crippen LogP contribution in [-0.4, -0.2) is 6.54 Å². The van der Waals surface area contributed by atoms with Gasteiger partial charge in [-0.3, -0.25) is 0 Å². The predicted molar refractivity (Wildman–Crippen MR) is 67.1 cm³/mol. The second-order valence-corrected chi connectivity index (χ2v) is 4.38. The van der Waals surface area contributed by atoms with Gasteiger partial charge in [0.1, 0.15) is 0 Å². The van der Waals surface area contributed by atoms with Gasteiger partial charge in [-0.1, -0.05) is 37.3 Å². The molecule has 0 atom stereocenters. The Morgan fingerprint density at radius 3 is 2.73 bits per heavy atom. The highest BCUT2D eigenvalue weighted by molar-refractivity contribution is 7.13. The summed E-state index contributed by atoms with van der Waals surface area (Å²) in [5.74, 6) is 0. The first-order chi connectivity index (χ1) is 7.40. The normalized spacial score (nSPS) is 10.5. The Labute approximate surface area is 94.8 Å². The lowest BCUT2D eigenvalue weighted by atomic mass is 10.2. The Morgan fingerprint density at radius 1 is 1.20 bits per heavy atom. The van der Waals surface area contributed by atoms with Crippen molar-refractivity contribution >= 4 is 11.3 Å². The van der Waals surface area contributed by atoms with Crippen LogP contribution < -0.4 is 5.32 Å². The molecule has 2 aromatic rings. The van der Waals surface area contributed by atoms with Crippen molar-refractivity contribution in [1.82, 2.24) is 5.32 Å². The topological polar surface area (TPSA) is 12.0 Å². The molecule has 2 rings (SSSR count). The maximum absolute atomic E-state index is 3.34. The summed E-state index contributed by atoms with van der Waals surface area (Å²) in [5.41, 5.74) is 2.69. The molecule has 15 heavy (non-hydrogen) atoms. The first kappa shape index (κ1) is 10.4. The number of rotatable bonds is 4. The van der Waals surface area contributed by atoms with Crippen molar-refractivity contribution in [3.8, 4) is 10.4 Å². The van der Waals surface area contributed by atoms with Crippen molar-refractivity contribution in [1.29, 1.82) is 0 Å². The lowest BCUT2D eigenvalue weighted by Gasteiger charge is -1.97. The van der Waals surface area contributed by atoms with Gasteiger partial charge in [0.2, 0.25) is 0 Å². The van der Waals surface area contributed by atoms with Gasteiger partial charge in [0.15, 0.2) is 0 Å². The van der Waals surface area contributed by atoms with E-state index in [9.17, 15) is 0 Å². The van der Waals surface area contributed by atoms with E-state index in [2.05, 4.69) is 54.0 Å². The Hall–Kier alpha value is -1.12. The van der Waals surface area contributed by atoms with E-state index in [1.54, 1.807) is 0 Å². The third-order valence-corrected chi connectivity index (χ3v) is 3.32. The summed E-state index contributed by atoms with van der Waals surface area (Å²) in [5, 5.41) is 5.56. The van der Waals surface area contributed by atoms with E-state index >= 15 is 0 Å². The third-order valence-electron chi connectivity index (χ3n) is 2.29. The van der Waals surface area contributed by atoms with Crippen molar-refractivity contribution in [3.05, 3.63) is 47.3 Å². The van der Waals surface area contributed by atoms with Gasteiger partial charge >= 0.3 is 0 Å². The summed E-state index contributed by atoms with van der Waals surface area (Å²) < 4.78 is 0. The van der Waals surface area contributed by atoms with Gasteiger partial charge in [-0.2, -0.15) is 0 Å². The zero-order valence-corrected chi connectivity index (χ0v) is 9.68. The second-order valence-electron chi connectivity index (χ2n) is 3.47. The Bertz CT molecular complexity index is 405. The highest BCUT2D eigenvalue weighted by atomic mass is 32.1. The zero-order valence-electron chi connectivity index (χ0n) is 8.86. The summed E-state index contributed by atoms with van der Waals surface area (Å²) in [7, 11) is 0. The first-order valence-corrected chi connectivity index (χ1v) is 6.11. The molecule has 0 amide bonds. The van der Waals surface area contributed by atoms with Crippen LogP contribution in [0.2, 0.25) is 0 Å². The number of benzene rings is 1. The van der Waals surface area contributed by atoms with Gasteiger partial charge in [0, 0.05) is 11.4 Å². The van der Waals surface area contributed by atoms with Gasteiger partial charge in [0.05, 0.1) is 0 Å². The smallest absolute Gasteiger partial charge is 0.0346 e. The fourth-order valence-corrected chi connectivity index (χ4v) is 2.41. The first-order valence-electron chi connectivity index (χ1n) is 5.23. The standard InChI is InChI=1S/C13H15NS/c1-2-14-9-11-8-13(15-10-11)12-6-4-3-5-7-12/h3-8,10,14H,2,9H2,1H3. The SMILES string of the molecule is CCNCc1csc(-c2ccccc2)c1. The fraction of sp³-hybridized carbons (Fsp3) is 0.231. The third kappa shape index (κ3) is 2.67. The Morgan fingerprint density at radius 2 is 2.00 bits per heavy atom. The Balaban J connectivity index is 2.14. The van der Waals surface area contributed by atoms with E-state index in [1.807, 2.05) is 11.3 Å². The molecule has 0 saturated heterocycles. The van der Waals surface area contributed by atoms with Crippen LogP contribution >= 0.6 is 11.3 Å². The van der Waals surface area contributed by atoms with Crippen molar-refractivity contribution in [2.24, 2.45) is 0 Å². The van der Waals surface area contributed by atoms with E-state index in [0.717, 1.165) is 13.1 Å². The summed E-state index contributed by atoms with van der Waals surface area (Å²) >= 11 is 1.81. The van der Waals surface area contributed by atoms with Crippen LogP contribution in [0.3, 0.4) is 0 Å². The van der Waals surface area contributed by atoms with Crippen LogP contribution in [0.1, 0.15) is 12.5 Å². The van der Waals surface area contributed by atoms with Crippen LogP contribution in [0.4, 0.5) is 0 Å². The molecular formula is C13H15NS. The van der Waals surface area contributed by atoms with E-state index in [-0.39, 0.29) is 0 Å². The monoisotopic (exact) mass is 217 g/mol. The van der Waals surface area contributed by atoms with E-state index in [1.165, 1.54) is 16.0 Å². The minimum atomic E-state index is 0.972. The highest BCUT2D eigenvalue weighted by Gasteiger charge is 2.01. The van der Waals surface area contributed by atoms with Crippen LogP contribution in [0.25, 0.3) is 10.4 Å². The van der Waals surface area contributed by atoms with Crippen LogP contribution in [-0.2, 0) is 6.54 Å². The number of hydrogen-bond acceptors (Lipinski definition) is 2. The molecule has 1 aromatic heterocycles. The minimum Gasteiger partial charge on any atom is -0.313 e. The molecular weight excluding hydrogens is 202 g/mol. The summed E-state index contributed by atoms with van der Waals surface area (Å²) in [6.45, 7) is 4.13. The van der Waals surface area contributed by atoms with Crippen LogP contribution in [0, 0.1) is 0 Å². The van der Waals surface area contributed by atoms with E-state index in [0.29, 0.717) is 0 Å². The van der Waals surface area contributed by atoms with Crippen LogP contribution in [0.15, 0.2) is 41.8 Å². The lowest BCUT2D eigenvalue weighted by molar-refractivity contribution is 0.729. The van der Waals surface area contributed by atoms with Gasteiger partial charge < -0.3 is 5.32 Å². The molecule has 0 radical (unpaired) electrons. The average Bonchev–Trinajstić information content (AvgIpc) is 2.76. The summed E-state index contributed by atoms with van der Waals surface area (Å²) in [6, 6.07) is 12.8. The van der Waals surface area contributed by atoms with Crippen molar-refractivity contribution in [3.63, 3.8) is 0 Å². The number of thiophene rings is 1. The molecule has 0 fully saturated rings. The van der Waals surface area contributed by atoms with Gasteiger partial charge in [-0.25, -0.2) is 0 Å². The molecule has 0 saturated carbocycles. The lowest BCUT2D eigenvalue weighted by Crippen LogP contribution is -2.10. The van der Waals surface area contributed by atoms with E-state index < -0.39 is 0 Å². The molecule has 1 heterocycles. The molecule has 0 spiro atoms. The van der Waals surface area contributed by atoms with Crippen molar-refractivity contribution < 1.29 is 0 Å². The predicted octanol–water partition coefficient (Wildman–Crippen LogP) is 3.52. The molecule has 2 heteroatoms. The maximum Gasteiger partial charge on any atom is 0.0346 e. The van der Waals surface area contributed by atoms with Crippen molar-refractivity contribution in [2.75, 3.05) is 6.54 Å². The minimum absolute atomic E-state index is 0.972. The fourth-order valence-electron chi connectivity index (χ4n) is 1.49. The molecule has 1 aromatic carbocycles. The summed E-state index contributed by atoms with van der Waals surface area (Å²) in [6.07, 6.45) is 0. The quantitative estimate of drug-likeness (QED) is 0.826. The van der Waals surface area contributed by atoms with Gasteiger partial charge in [-0.05, 0) is 29.1 Å². The van der Waals surface area contributed by atoms with Gasteiger partial charge in [-0.15, -0.1) is 11.3 Å². The molecule has 1 N–H and O–H groups in total. The largest absolute Gasteiger partial charge is 0.313 e. The number of nitrogens with one attached hydrogen (secondary N) is 1. The highest BCUT2D eigenvalue weighted by Crippen LogP contribution is 2.26. The van der Waals surface area contributed by atoms with Crippen molar-refractivity contribution in [2.45, 2.75) is 13.5 Å². The zero-order chi connectivity index (χ0) is 10.5. The van der Waals surface area contributed by atoms with E-state index in [4.69, 9.17) is 0 Å². The molecule has 0 aliphatic carbocycles. The molecule has 0 aliphatic rings. The molecule has 1 nitrogen and oxygen atoms in total. The Kier molecular flexibility index (Phi) is 3.54.